The van der Waals surface area contributed by atoms with E-state index in [1.807, 2.05) is 13.1 Å². The molecule has 0 unspecified atom stereocenters. The number of imidazole rings is 1. The van der Waals surface area contributed by atoms with Crippen molar-refractivity contribution < 1.29 is 4.79 Å². The highest BCUT2D eigenvalue weighted by molar-refractivity contribution is 5.77. The van der Waals surface area contributed by atoms with Gasteiger partial charge in [-0.2, -0.15) is 5.10 Å². The van der Waals surface area contributed by atoms with Crippen LogP contribution in [0.5, 0.6) is 0 Å². The number of carbonyl (C=O) groups excluding carboxylic acids is 1. The molecule has 1 N–H and O–H groups in total. The number of fused-ring (bicyclic) bond motifs is 2. The molecule has 2 aliphatic heterocycles. The summed E-state index contributed by atoms with van der Waals surface area (Å²) in [4.78, 5) is 25.3. The van der Waals surface area contributed by atoms with E-state index in [4.69, 9.17) is 0 Å². The number of H-pyrrole nitrogens is 1. The molecule has 0 aliphatic carbocycles. The zero-order chi connectivity index (χ0) is 19.7. The third-order valence-electron chi connectivity index (χ3n) is 6.58. The SMILES string of the molecule is CCCn1ncc(CN2CCC3(CC2)c2nc[nH]c2CCN3C(=O)CC)c1C. The first-order valence-electron chi connectivity index (χ1n) is 10.7. The number of aromatic amines is 1. The average molecular weight is 385 g/mol. The number of carbonyl (C=O) groups is 1. The number of piperidine rings is 1. The van der Waals surface area contributed by atoms with E-state index in [-0.39, 0.29) is 11.4 Å². The van der Waals surface area contributed by atoms with E-state index in [0.29, 0.717) is 6.42 Å². The quantitative estimate of drug-likeness (QED) is 0.860. The van der Waals surface area contributed by atoms with E-state index >= 15 is 0 Å². The van der Waals surface area contributed by atoms with Crippen molar-refractivity contribution in [2.75, 3.05) is 19.6 Å². The minimum atomic E-state index is -0.237. The molecule has 0 radical (unpaired) electrons. The number of likely N-dealkylation sites (tertiary alicyclic amines) is 1. The second-order valence-electron chi connectivity index (χ2n) is 8.16. The minimum absolute atomic E-state index is 0.237. The van der Waals surface area contributed by atoms with E-state index in [2.05, 4.69) is 43.4 Å². The Morgan fingerprint density at radius 3 is 2.75 bits per heavy atom. The molecule has 1 saturated heterocycles. The normalized spacial score (nSPS) is 19.2. The highest BCUT2D eigenvalue weighted by atomic mass is 16.2. The molecule has 1 fully saturated rings. The Bertz CT molecular complexity index is 830. The molecule has 4 rings (SSSR count). The van der Waals surface area contributed by atoms with Gasteiger partial charge in [0.25, 0.3) is 0 Å². The number of amides is 1. The fourth-order valence-corrected chi connectivity index (χ4v) is 4.94. The van der Waals surface area contributed by atoms with Crippen LogP contribution in [0, 0.1) is 6.92 Å². The maximum Gasteiger partial charge on any atom is 0.223 e. The fraction of sp³-hybridized carbons (Fsp3) is 0.667. The van der Waals surface area contributed by atoms with Crippen LogP contribution in [0.4, 0.5) is 0 Å². The van der Waals surface area contributed by atoms with Gasteiger partial charge in [-0.25, -0.2) is 4.98 Å². The lowest BCUT2D eigenvalue weighted by molar-refractivity contribution is -0.141. The van der Waals surface area contributed by atoms with E-state index in [0.717, 1.165) is 64.1 Å². The third kappa shape index (κ3) is 3.15. The van der Waals surface area contributed by atoms with Crippen molar-refractivity contribution >= 4 is 5.91 Å². The number of aromatic nitrogens is 4. The molecular weight excluding hydrogens is 352 g/mol. The van der Waals surface area contributed by atoms with Crippen molar-refractivity contribution in [3.8, 4) is 0 Å². The molecule has 7 heteroatoms. The monoisotopic (exact) mass is 384 g/mol. The first-order valence-corrected chi connectivity index (χ1v) is 10.7. The van der Waals surface area contributed by atoms with Gasteiger partial charge in [-0.05, 0) is 26.2 Å². The Morgan fingerprint density at radius 1 is 1.25 bits per heavy atom. The number of hydrogen-bond donors (Lipinski definition) is 1. The molecule has 1 spiro atoms. The zero-order valence-corrected chi connectivity index (χ0v) is 17.4. The number of aryl methyl sites for hydroxylation is 1. The predicted octanol–water partition coefficient (Wildman–Crippen LogP) is 2.61. The summed E-state index contributed by atoms with van der Waals surface area (Å²) < 4.78 is 2.11. The summed E-state index contributed by atoms with van der Waals surface area (Å²) >= 11 is 0. The van der Waals surface area contributed by atoms with E-state index in [1.54, 1.807) is 6.33 Å². The summed E-state index contributed by atoms with van der Waals surface area (Å²) in [6, 6.07) is 0. The molecule has 0 saturated carbocycles. The van der Waals surface area contributed by atoms with Gasteiger partial charge in [0.15, 0.2) is 0 Å². The summed E-state index contributed by atoms with van der Waals surface area (Å²) in [6.45, 7) is 11.0. The van der Waals surface area contributed by atoms with E-state index in [9.17, 15) is 4.79 Å². The summed E-state index contributed by atoms with van der Waals surface area (Å²) in [5.74, 6) is 0.249. The van der Waals surface area contributed by atoms with Crippen molar-refractivity contribution in [2.24, 2.45) is 0 Å². The molecule has 2 aliphatic rings. The van der Waals surface area contributed by atoms with Gasteiger partial charge in [0, 0.05) is 62.5 Å². The molecule has 7 nitrogen and oxygen atoms in total. The average Bonchev–Trinajstić information content (AvgIpc) is 3.32. The molecule has 0 atom stereocenters. The van der Waals surface area contributed by atoms with E-state index in [1.165, 1.54) is 17.0 Å². The Kier molecular flexibility index (Phi) is 5.27. The van der Waals surface area contributed by atoms with Crippen LogP contribution >= 0.6 is 0 Å². The highest BCUT2D eigenvalue weighted by Crippen LogP contribution is 2.42. The highest BCUT2D eigenvalue weighted by Gasteiger charge is 2.48. The second kappa shape index (κ2) is 7.70. The maximum atomic E-state index is 12.7. The minimum Gasteiger partial charge on any atom is -0.348 e. The van der Waals surface area contributed by atoms with Crippen LogP contribution in [0.2, 0.25) is 0 Å². The lowest BCUT2D eigenvalue weighted by Crippen LogP contribution is -2.58. The first-order chi connectivity index (χ1) is 13.6. The largest absolute Gasteiger partial charge is 0.348 e. The van der Waals surface area contributed by atoms with Gasteiger partial charge in [0.2, 0.25) is 5.91 Å². The van der Waals surface area contributed by atoms with Gasteiger partial charge in [0.1, 0.15) is 0 Å². The molecule has 2 aromatic heterocycles. The van der Waals surface area contributed by atoms with Crippen molar-refractivity contribution in [2.45, 2.75) is 71.5 Å². The molecule has 1 amide bonds. The second-order valence-corrected chi connectivity index (χ2v) is 8.16. The molecule has 0 aromatic carbocycles. The summed E-state index contributed by atoms with van der Waals surface area (Å²) in [6.07, 6.45) is 8.24. The van der Waals surface area contributed by atoms with Gasteiger partial charge in [0.05, 0.1) is 23.8 Å². The number of rotatable bonds is 5. The van der Waals surface area contributed by atoms with E-state index < -0.39 is 0 Å². The van der Waals surface area contributed by atoms with Crippen LogP contribution in [-0.4, -0.2) is 55.1 Å². The van der Waals surface area contributed by atoms with Crippen LogP contribution in [0.15, 0.2) is 12.5 Å². The molecule has 152 valence electrons. The van der Waals surface area contributed by atoms with Crippen LogP contribution in [0.25, 0.3) is 0 Å². The lowest BCUT2D eigenvalue weighted by Gasteiger charge is -2.50. The van der Waals surface area contributed by atoms with Crippen molar-refractivity contribution in [3.63, 3.8) is 0 Å². The first kappa shape index (κ1) is 19.2. The molecular formula is C21H32N6O. The Labute approximate surface area is 167 Å². The van der Waals surface area contributed by atoms with Crippen molar-refractivity contribution in [3.05, 3.63) is 35.2 Å². The third-order valence-corrected chi connectivity index (χ3v) is 6.58. The van der Waals surface area contributed by atoms with Gasteiger partial charge in [-0.1, -0.05) is 13.8 Å². The summed E-state index contributed by atoms with van der Waals surface area (Å²) in [5.41, 5.74) is 4.67. The van der Waals surface area contributed by atoms with Crippen LogP contribution < -0.4 is 0 Å². The van der Waals surface area contributed by atoms with Gasteiger partial charge < -0.3 is 9.88 Å². The van der Waals surface area contributed by atoms with Crippen molar-refractivity contribution in [1.29, 1.82) is 0 Å². The topological polar surface area (TPSA) is 70.1 Å². The Hall–Kier alpha value is -2.15. The van der Waals surface area contributed by atoms with Gasteiger partial charge >= 0.3 is 0 Å². The standard InChI is InChI=1S/C21H32N6O/c1-4-9-27-16(3)17(13-24-27)14-25-11-7-21(8-12-25)20-18(22-15-23-20)6-10-26(21)19(28)5-2/h13,15H,4-12,14H2,1-3H3,(H,22,23). The Balaban J connectivity index is 1.51. The Morgan fingerprint density at radius 2 is 2.04 bits per heavy atom. The van der Waals surface area contributed by atoms with Crippen LogP contribution in [0.1, 0.15) is 62.2 Å². The number of hydrogen-bond acceptors (Lipinski definition) is 4. The zero-order valence-electron chi connectivity index (χ0n) is 17.4. The van der Waals surface area contributed by atoms with Crippen molar-refractivity contribution in [1.82, 2.24) is 29.5 Å². The van der Waals surface area contributed by atoms with Gasteiger partial charge in [-0.3, -0.25) is 14.4 Å². The predicted molar refractivity (Wildman–Crippen MR) is 108 cm³/mol. The molecule has 2 aromatic rings. The fourth-order valence-electron chi connectivity index (χ4n) is 4.94. The lowest BCUT2D eigenvalue weighted by atomic mass is 9.78. The summed E-state index contributed by atoms with van der Waals surface area (Å²) in [5, 5.41) is 4.55. The number of nitrogens with one attached hydrogen (secondary N) is 1. The molecule has 28 heavy (non-hydrogen) atoms. The molecule has 4 heterocycles. The number of nitrogens with zero attached hydrogens (tertiary/aromatic N) is 5. The smallest absolute Gasteiger partial charge is 0.223 e. The summed E-state index contributed by atoms with van der Waals surface area (Å²) in [7, 11) is 0. The van der Waals surface area contributed by atoms with Crippen LogP contribution in [0.3, 0.4) is 0 Å². The maximum absolute atomic E-state index is 12.7. The molecule has 0 bridgehead atoms. The van der Waals surface area contributed by atoms with Gasteiger partial charge in [-0.15, -0.1) is 0 Å². The van der Waals surface area contributed by atoms with Crippen LogP contribution in [-0.2, 0) is 29.8 Å².